The van der Waals surface area contributed by atoms with E-state index in [0.717, 1.165) is 12.7 Å². The van der Waals surface area contributed by atoms with Crippen LogP contribution < -0.4 is 0 Å². The average Bonchev–Trinajstić information content (AvgIpc) is 3.27. The molecule has 108 valence electrons. The van der Waals surface area contributed by atoms with Crippen LogP contribution >= 0.6 is 0 Å². The number of Topliss-reactive ketones (excluding diaryl/α,β-unsaturated/α-hetero) is 1. The van der Waals surface area contributed by atoms with Crippen molar-refractivity contribution in [2.45, 2.75) is 17.2 Å². The van der Waals surface area contributed by atoms with E-state index in [1.54, 1.807) is 12.1 Å². The Hall–Kier alpha value is -1.94. The van der Waals surface area contributed by atoms with Gasteiger partial charge in [-0.3, -0.25) is 4.79 Å². The van der Waals surface area contributed by atoms with E-state index in [-0.39, 0.29) is 22.5 Å². The second-order valence-electron chi connectivity index (χ2n) is 5.52. The zero-order chi connectivity index (χ0) is 15.0. The Morgan fingerprint density at radius 3 is 2.43 bits per heavy atom. The summed E-state index contributed by atoms with van der Waals surface area (Å²) in [5, 5.41) is 0. The molecular formula is C17H16O3S. The van der Waals surface area contributed by atoms with Gasteiger partial charge < -0.3 is 0 Å². The van der Waals surface area contributed by atoms with Gasteiger partial charge in [0.2, 0.25) is 0 Å². The van der Waals surface area contributed by atoms with Crippen LogP contribution in [0.5, 0.6) is 0 Å². The van der Waals surface area contributed by atoms with Gasteiger partial charge in [0.05, 0.1) is 4.90 Å². The number of ketones is 1. The Kier molecular flexibility index (Phi) is 3.41. The summed E-state index contributed by atoms with van der Waals surface area (Å²) in [7, 11) is -3.28. The molecule has 0 aromatic heterocycles. The maximum Gasteiger partial charge on any atom is 0.175 e. The van der Waals surface area contributed by atoms with Gasteiger partial charge in [0, 0.05) is 17.7 Å². The molecule has 1 aliphatic carbocycles. The molecule has 2 aromatic rings. The molecule has 1 saturated carbocycles. The summed E-state index contributed by atoms with van der Waals surface area (Å²) in [6.07, 6.45) is 1.99. The van der Waals surface area contributed by atoms with Crippen LogP contribution in [-0.2, 0) is 9.84 Å². The number of sulfone groups is 1. The summed E-state index contributed by atoms with van der Waals surface area (Å²) in [6, 6.07) is 16.3. The van der Waals surface area contributed by atoms with Gasteiger partial charge in [0.25, 0.3) is 0 Å². The van der Waals surface area contributed by atoms with Crippen molar-refractivity contribution in [1.29, 1.82) is 0 Å². The van der Waals surface area contributed by atoms with Crippen LogP contribution in [0.2, 0.25) is 0 Å². The standard InChI is InChI=1S/C17H16O3S/c1-21(19,20)14-9-5-8-13(10-14)17(18)16-11-15(16)12-6-3-2-4-7-12/h2-10,15-16H,11H2,1H3. The lowest BCUT2D eigenvalue weighted by molar-refractivity contribution is 0.0965. The van der Waals surface area contributed by atoms with Crippen molar-refractivity contribution in [3.8, 4) is 0 Å². The topological polar surface area (TPSA) is 51.2 Å². The molecule has 0 amide bonds. The van der Waals surface area contributed by atoms with Gasteiger partial charge >= 0.3 is 0 Å². The molecule has 0 aliphatic heterocycles. The summed E-state index contributed by atoms with van der Waals surface area (Å²) in [5.74, 6) is 0.275. The van der Waals surface area contributed by atoms with Crippen molar-refractivity contribution >= 4 is 15.6 Å². The number of hydrogen-bond acceptors (Lipinski definition) is 3. The van der Waals surface area contributed by atoms with Gasteiger partial charge in [-0.05, 0) is 30.0 Å². The molecule has 2 aromatic carbocycles. The second kappa shape index (κ2) is 5.11. The predicted octanol–water partition coefficient (Wildman–Crippen LogP) is 3.08. The molecule has 0 bridgehead atoms. The van der Waals surface area contributed by atoms with Gasteiger partial charge in [0.1, 0.15) is 0 Å². The quantitative estimate of drug-likeness (QED) is 0.815. The zero-order valence-corrected chi connectivity index (χ0v) is 12.5. The first-order valence-electron chi connectivity index (χ1n) is 6.86. The summed E-state index contributed by atoms with van der Waals surface area (Å²) in [6.45, 7) is 0. The fourth-order valence-corrected chi connectivity index (χ4v) is 3.31. The Morgan fingerprint density at radius 2 is 1.76 bits per heavy atom. The molecule has 0 spiro atoms. The fraction of sp³-hybridized carbons (Fsp3) is 0.235. The maximum absolute atomic E-state index is 12.5. The maximum atomic E-state index is 12.5. The average molecular weight is 300 g/mol. The molecule has 1 fully saturated rings. The third-order valence-electron chi connectivity index (χ3n) is 3.90. The van der Waals surface area contributed by atoms with Gasteiger partial charge in [-0.2, -0.15) is 0 Å². The van der Waals surface area contributed by atoms with Crippen molar-refractivity contribution < 1.29 is 13.2 Å². The Labute approximate surface area is 124 Å². The molecule has 1 aliphatic rings. The van der Waals surface area contributed by atoms with E-state index in [1.165, 1.54) is 17.7 Å². The minimum absolute atomic E-state index is 0.0257. The first-order chi connectivity index (χ1) is 9.97. The van der Waals surface area contributed by atoms with Crippen LogP contribution in [0.25, 0.3) is 0 Å². The third kappa shape index (κ3) is 2.90. The lowest BCUT2D eigenvalue weighted by Gasteiger charge is -2.04. The van der Waals surface area contributed by atoms with Crippen molar-refractivity contribution in [3.63, 3.8) is 0 Å². The highest BCUT2D eigenvalue weighted by molar-refractivity contribution is 7.90. The van der Waals surface area contributed by atoms with Gasteiger partial charge in [-0.1, -0.05) is 42.5 Å². The lowest BCUT2D eigenvalue weighted by Crippen LogP contribution is -2.05. The van der Waals surface area contributed by atoms with E-state index >= 15 is 0 Å². The smallest absolute Gasteiger partial charge is 0.175 e. The molecule has 2 atom stereocenters. The molecule has 0 radical (unpaired) electrons. The minimum Gasteiger partial charge on any atom is -0.294 e. The summed E-state index contributed by atoms with van der Waals surface area (Å²) >= 11 is 0. The highest BCUT2D eigenvalue weighted by atomic mass is 32.2. The van der Waals surface area contributed by atoms with Crippen LogP contribution in [0, 0.1) is 5.92 Å². The molecule has 21 heavy (non-hydrogen) atoms. The highest BCUT2D eigenvalue weighted by Gasteiger charge is 2.43. The molecule has 0 saturated heterocycles. The normalized spacial score (nSPS) is 21.0. The van der Waals surface area contributed by atoms with Crippen LogP contribution in [0.15, 0.2) is 59.5 Å². The Morgan fingerprint density at radius 1 is 1.05 bits per heavy atom. The van der Waals surface area contributed by atoms with Gasteiger partial charge in [-0.25, -0.2) is 8.42 Å². The Balaban J connectivity index is 1.82. The molecule has 0 N–H and O–H groups in total. The van der Waals surface area contributed by atoms with Crippen LogP contribution in [-0.4, -0.2) is 20.5 Å². The van der Waals surface area contributed by atoms with Crippen LogP contribution in [0.4, 0.5) is 0 Å². The Bertz CT molecular complexity index is 779. The van der Waals surface area contributed by atoms with Gasteiger partial charge in [0.15, 0.2) is 15.6 Å². The number of carbonyl (C=O) groups is 1. The summed E-state index contributed by atoms with van der Waals surface area (Å²) in [4.78, 5) is 12.7. The number of benzene rings is 2. The number of rotatable bonds is 4. The highest BCUT2D eigenvalue weighted by Crippen LogP contribution is 2.49. The fourth-order valence-electron chi connectivity index (χ4n) is 2.65. The van der Waals surface area contributed by atoms with Crippen molar-refractivity contribution in [2.75, 3.05) is 6.26 Å². The zero-order valence-electron chi connectivity index (χ0n) is 11.7. The molecule has 4 heteroatoms. The number of hydrogen-bond donors (Lipinski definition) is 0. The van der Waals surface area contributed by atoms with E-state index in [2.05, 4.69) is 0 Å². The third-order valence-corrected chi connectivity index (χ3v) is 5.01. The van der Waals surface area contributed by atoms with E-state index < -0.39 is 9.84 Å². The molecular weight excluding hydrogens is 284 g/mol. The SMILES string of the molecule is CS(=O)(=O)c1cccc(C(=O)C2CC2c2ccccc2)c1. The van der Waals surface area contributed by atoms with Crippen molar-refractivity contribution in [2.24, 2.45) is 5.92 Å². The van der Waals surface area contributed by atoms with Crippen LogP contribution in [0.1, 0.15) is 28.3 Å². The van der Waals surface area contributed by atoms with E-state index in [4.69, 9.17) is 0 Å². The lowest BCUT2D eigenvalue weighted by atomic mass is 10.0. The largest absolute Gasteiger partial charge is 0.294 e. The van der Waals surface area contributed by atoms with Crippen molar-refractivity contribution in [3.05, 3.63) is 65.7 Å². The predicted molar refractivity (Wildman–Crippen MR) is 81.2 cm³/mol. The monoisotopic (exact) mass is 300 g/mol. The second-order valence-corrected chi connectivity index (χ2v) is 7.54. The molecule has 0 heterocycles. The molecule has 2 unspecified atom stereocenters. The summed E-state index contributed by atoms with van der Waals surface area (Å²) < 4.78 is 23.1. The van der Waals surface area contributed by atoms with E-state index in [9.17, 15) is 13.2 Å². The first-order valence-corrected chi connectivity index (χ1v) is 8.75. The molecule has 3 nitrogen and oxygen atoms in total. The molecule has 3 rings (SSSR count). The van der Waals surface area contributed by atoms with Crippen LogP contribution in [0.3, 0.4) is 0 Å². The number of carbonyl (C=O) groups excluding carboxylic acids is 1. The minimum atomic E-state index is -3.28. The summed E-state index contributed by atoms with van der Waals surface area (Å²) in [5.41, 5.74) is 1.66. The van der Waals surface area contributed by atoms with Gasteiger partial charge in [-0.15, -0.1) is 0 Å². The van der Waals surface area contributed by atoms with E-state index in [1.807, 2.05) is 30.3 Å². The van der Waals surface area contributed by atoms with E-state index in [0.29, 0.717) is 5.56 Å². The first kappa shape index (κ1) is 14.0. The van der Waals surface area contributed by atoms with Crippen molar-refractivity contribution in [1.82, 2.24) is 0 Å².